The van der Waals surface area contributed by atoms with Crippen molar-refractivity contribution in [3.05, 3.63) is 65.2 Å². The molecule has 0 aliphatic heterocycles. The van der Waals surface area contributed by atoms with Crippen molar-refractivity contribution >= 4 is 29.3 Å². The number of ether oxygens (including phenoxy) is 1. The number of alkyl carbamates (subject to hydrolysis) is 1. The van der Waals surface area contributed by atoms with E-state index in [1.807, 2.05) is 44.2 Å². The van der Waals surface area contributed by atoms with Crippen LogP contribution in [0.1, 0.15) is 19.4 Å². The van der Waals surface area contributed by atoms with E-state index in [1.54, 1.807) is 24.3 Å². The van der Waals surface area contributed by atoms with Gasteiger partial charge in [0, 0.05) is 10.7 Å². The molecule has 2 rings (SSSR count). The van der Waals surface area contributed by atoms with Gasteiger partial charge < -0.3 is 15.4 Å². The number of hydrogen-bond donors (Lipinski definition) is 2. The third kappa shape index (κ3) is 6.12. The van der Waals surface area contributed by atoms with Crippen molar-refractivity contribution in [1.29, 1.82) is 0 Å². The Balaban J connectivity index is 1.91. The normalized spacial score (nSPS) is 11.7. The van der Waals surface area contributed by atoms with Crippen molar-refractivity contribution in [3.63, 3.8) is 0 Å². The molecule has 2 N–H and O–H groups in total. The van der Waals surface area contributed by atoms with E-state index in [4.69, 9.17) is 16.3 Å². The molecule has 0 saturated carbocycles. The average Bonchev–Trinajstić information content (AvgIpc) is 2.60. The molecule has 0 spiro atoms. The molecule has 25 heavy (non-hydrogen) atoms. The predicted molar refractivity (Wildman–Crippen MR) is 98.5 cm³/mol. The van der Waals surface area contributed by atoms with Crippen molar-refractivity contribution in [3.8, 4) is 0 Å². The van der Waals surface area contributed by atoms with Gasteiger partial charge in [-0.15, -0.1) is 0 Å². The van der Waals surface area contributed by atoms with E-state index in [9.17, 15) is 9.59 Å². The Hall–Kier alpha value is -2.53. The number of amides is 2. The number of carbonyl (C=O) groups excluding carboxylic acids is 2. The highest BCUT2D eigenvalue weighted by atomic mass is 35.5. The maximum atomic E-state index is 12.4. The standard InChI is InChI=1S/C19H21ClN2O3/c1-13(2)17(18(23)21-16-10-8-15(20)9-11-16)22-19(24)25-12-14-6-4-3-5-7-14/h3-11,13,17H,12H2,1-2H3,(H,21,23)(H,22,24)/t17-/m0/s1. The van der Waals surface area contributed by atoms with Crippen molar-refractivity contribution in [1.82, 2.24) is 5.32 Å². The molecular formula is C19H21ClN2O3. The monoisotopic (exact) mass is 360 g/mol. The third-order valence-electron chi connectivity index (χ3n) is 3.55. The Morgan fingerprint density at radius 3 is 2.28 bits per heavy atom. The van der Waals surface area contributed by atoms with Crippen LogP contribution < -0.4 is 10.6 Å². The molecule has 132 valence electrons. The zero-order valence-electron chi connectivity index (χ0n) is 14.2. The zero-order valence-corrected chi connectivity index (χ0v) is 14.9. The molecule has 6 heteroatoms. The number of hydrogen-bond acceptors (Lipinski definition) is 3. The van der Waals surface area contributed by atoms with Crippen LogP contribution in [-0.2, 0) is 16.1 Å². The molecule has 5 nitrogen and oxygen atoms in total. The first-order valence-corrected chi connectivity index (χ1v) is 8.37. The second-order valence-electron chi connectivity index (χ2n) is 5.92. The minimum atomic E-state index is -0.709. The molecule has 0 heterocycles. The lowest BCUT2D eigenvalue weighted by atomic mass is 10.0. The maximum absolute atomic E-state index is 12.4. The first-order valence-electron chi connectivity index (χ1n) is 7.99. The zero-order chi connectivity index (χ0) is 18.2. The summed E-state index contributed by atoms with van der Waals surface area (Å²) in [4.78, 5) is 24.4. The maximum Gasteiger partial charge on any atom is 0.408 e. The lowest BCUT2D eigenvalue weighted by Gasteiger charge is -2.21. The fraction of sp³-hybridized carbons (Fsp3) is 0.263. The summed E-state index contributed by atoms with van der Waals surface area (Å²) >= 11 is 5.83. The van der Waals surface area contributed by atoms with Crippen LogP contribution in [0.25, 0.3) is 0 Å². The third-order valence-corrected chi connectivity index (χ3v) is 3.80. The molecule has 2 aromatic carbocycles. The van der Waals surface area contributed by atoms with Gasteiger partial charge in [-0.2, -0.15) is 0 Å². The first kappa shape index (κ1) is 18.8. The Bertz CT molecular complexity index is 702. The predicted octanol–water partition coefficient (Wildman–Crippen LogP) is 4.23. The number of anilines is 1. The molecule has 2 amide bonds. The molecule has 0 unspecified atom stereocenters. The van der Waals surface area contributed by atoms with Crippen LogP contribution in [0.15, 0.2) is 54.6 Å². The first-order chi connectivity index (χ1) is 12.0. The molecule has 0 aromatic heterocycles. The highest BCUT2D eigenvalue weighted by Gasteiger charge is 2.25. The smallest absolute Gasteiger partial charge is 0.408 e. The molecule has 2 aromatic rings. The van der Waals surface area contributed by atoms with Crippen LogP contribution in [0, 0.1) is 5.92 Å². The van der Waals surface area contributed by atoms with E-state index >= 15 is 0 Å². The number of nitrogens with one attached hydrogen (secondary N) is 2. The van der Waals surface area contributed by atoms with Crippen LogP contribution in [-0.4, -0.2) is 18.0 Å². The summed E-state index contributed by atoms with van der Waals surface area (Å²) in [5, 5.41) is 5.96. The SMILES string of the molecule is CC(C)[C@H](NC(=O)OCc1ccccc1)C(=O)Nc1ccc(Cl)cc1. The van der Waals surface area contributed by atoms with E-state index in [-0.39, 0.29) is 18.4 Å². The van der Waals surface area contributed by atoms with E-state index in [0.29, 0.717) is 10.7 Å². The van der Waals surface area contributed by atoms with Gasteiger partial charge in [0.05, 0.1) is 0 Å². The molecule has 1 atom stereocenters. The van der Waals surface area contributed by atoms with Crippen LogP contribution >= 0.6 is 11.6 Å². The minimum absolute atomic E-state index is 0.100. The molecule has 0 radical (unpaired) electrons. The topological polar surface area (TPSA) is 67.4 Å². The molecule has 0 saturated heterocycles. The number of benzene rings is 2. The van der Waals surface area contributed by atoms with Crippen LogP contribution in [0.5, 0.6) is 0 Å². The second-order valence-corrected chi connectivity index (χ2v) is 6.36. The molecule has 0 aliphatic rings. The van der Waals surface area contributed by atoms with Gasteiger partial charge in [0.15, 0.2) is 0 Å². The fourth-order valence-electron chi connectivity index (χ4n) is 2.18. The summed E-state index contributed by atoms with van der Waals surface area (Å²) in [6.45, 7) is 3.85. The van der Waals surface area contributed by atoms with Gasteiger partial charge in [0.2, 0.25) is 5.91 Å². The van der Waals surface area contributed by atoms with Crippen molar-refractivity contribution in [2.24, 2.45) is 5.92 Å². The Kier molecular flexibility index (Phi) is 6.83. The number of rotatable bonds is 6. The van der Waals surface area contributed by atoms with E-state index in [1.165, 1.54) is 0 Å². The fourth-order valence-corrected chi connectivity index (χ4v) is 2.31. The van der Waals surface area contributed by atoms with Crippen LogP contribution in [0.3, 0.4) is 0 Å². The van der Waals surface area contributed by atoms with Crippen molar-refractivity contribution in [2.45, 2.75) is 26.5 Å². The van der Waals surface area contributed by atoms with Crippen molar-refractivity contribution < 1.29 is 14.3 Å². The molecule has 0 fully saturated rings. The van der Waals surface area contributed by atoms with Crippen molar-refractivity contribution in [2.75, 3.05) is 5.32 Å². The Morgan fingerprint density at radius 1 is 1.04 bits per heavy atom. The lowest BCUT2D eigenvalue weighted by molar-refractivity contribution is -0.119. The number of carbonyl (C=O) groups is 2. The molecule has 0 aliphatic carbocycles. The summed E-state index contributed by atoms with van der Waals surface area (Å²) < 4.78 is 5.18. The average molecular weight is 361 g/mol. The van der Waals surface area contributed by atoms with Gasteiger partial charge in [0.25, 0.3) is 0 Å². The van der Waals surface area contributed by atoms with E-state index < -0.39 is 12.1 Å². The highest BCUT2D eigenvalue weighted by molar-refractivity contribution is 6.30. The van der Waals surface area contributed by atoms with E-state index in [0.717, 1.165) is 5.56 Å². The Morgan fingerprint density at radius 2 is 1.68 bits per heavy atom. The van der Waals surface area contributed by atoms with Gasteiger partial charge in [-0.1, -0.05) is 55.8 Å². The summed E-state index contributed by atoms with van der Waals surface area (Å²) in [6.07, 6.45) is -0.631. The summed E-state index contributed by atoms with van der Waals surface area (Å²) in [7, 11) is 0. The van der Waals surface area contributed by atoms with Gasteiger partial charge in [-0.25, -0.2) is 4.79 Å². The minimum Gasteiger partial charge on any atom is -0.445 e. The molecule has 0 bridgehead atoms. The summed E-state index contributed by atoms with van der Waals surface area (Å²) in [5.41, 5.74) is 1.49. The lowest BCUT2D eigenvalue weighted by Crippen LogP contribution is -2.47. The second kappa shape index (κ2) is 9.08. The summed E-state index contributed by atoms with van der Waals surface area (Å²) in [5.74, 6) is -0.412. The van der Waals surface area contributed by atoms with Crippen LogP contribution in [0.4, 0.5) is 10.5 Å². The largest absolute Gasteiger partial charge is 0.445 e. The number of halogens is 1. The van der Waals surface area contributed by atoms with Gasteiger partial charge in [0.1, 0.15) is 12.6 Å². The quantitative estimate of drug-likeness (QED) is 0.810. The Labute approximate surface area is 152 Å². The summed E-state index contributed by atoms with van der Waals surface area (Å²) in [6, 6.07) is 15.4. The van der Waals surface area contributed by atoms with E-state index in [2.05, 4.69) is 10.6 Å². The highest BCUT2D eigenvalue weighted by Crippen LogP contribution is 2.14. The molecular weight excluding hydrogens is 340 g/mol. The van der Waals surface area contributed by atoms with Gasteiger partial charge >= 0.3 is 6.09 Å². The van der Waals surface area contributed by atoms with Gasteiger partial charge in [-0.05, 0) is 35.7 Å². The van der Waals surface area contributed by atoms with Gasteiger partial charge in [-0.3, -0.25) is 4.79 Å². The van der Waals surface area contributed by atoms with Crippen LogP contribution in [0.2, 0.25) is 5.02 Å².